The first kappa shape index (κ1) is 15.3. The standard InChI is InChI=1S/C8H12S.2C2H6/c1-3-8-6-4-5-7(2)9-8;2*1-2/h5-6H,3-4H2,1-2H3;2*1-2H3. The molecule has 0 fully saturated rings. The average molecular weight is 200 g/mol. The highest BCUT2D eigenvalue weighted by Crippen LogP contribution is 2.31. The van der Waals surface area contributed by atoms with Crippen molar-refractivity contribution >= 4 is 11.8 Å². The van der Waals surface area contributed by atoms with E-state index in [9.17, 15) is 0 Å². The Kier molecular flexibility index (Phi) is 13.9. The third kappa shape index (κ3) is 8.17. The van der Waals surface area contributed by atoms with E-state index in [-0.39, 0.29) is 0 Å². The Morgan fingerprint density at radius 1 is 1.15 bits per heavy atom. The van der Waals surface area contributed by atoms with Gasteiger partial charge in [0.05, 0.1) is 0 Å². The molecule has 0 unspecified atom stereocenters. The van der Waals surface area contributed by atoms with Crippen molar-refractivity contribution in [3.63, 3.8) is 0 Å². The fourth-order valence-corrected chi connectivity index (χ4v) is 1.78. The van der Waals surface area contributed by atoms with Gasteiger partial charge in [0, 0.05) is 0 Å². The molecule has 0 nitrogen and oxygen atoms in total. The van der Waals surface area contributed by atoms with Crippen molar-refractivity contribution in [3.05, 3.63) is 22.0 Å². The molecule has 1 aliphatic heterocycles. The first-order valence-corrected chi connectivity index (χ1v) is 6.18. The Balaban J connectivity index is 0. The molecule has 1 aliphatic rings. The van der Waals surface area contributed by atoms with Gasteiger partial charge < -0.3 is 0 Å². The Morgan fingerprint density at radius 3 is 2.00 bits per heavy atom. The van der Waals surface area contributed by atoms with Gasteiger partial charge in [-0.05, 0) is 29.6 Å². The predicted molar refractivity (Wildman–Crippen MR) is 67.0 cm³/mol. The molecule has 13 heavy (non-hydrogen) atoms. The number of hydrogen-bond acceptors (Lipinski definition) is 1. The molecule has 1 heterocycles. The summed E-state index contributed by atoms with van der Waals surface area (Å²) >= 11 is 1.91. The molecule has 0 aromatic heterocycles. The molecule has 0 saturated carbocycles. The summed E-state index contributed by atoms with van der Waals surface area (Å²) in [6.07, 6.45) is 6.90. The maximum absolute atomic E-state index is 2.30. The van der Waals surface area contributed by atoms with E-state index in [2.05, 4.69) is 26.0 Å². The molecule has 0 spiro atoms. The van der Waals surface area contributed by atoms with Crippen molar-refractivity contribution in [2.45, 2.75) is 54.4 Å². The third-order valence-corrected chi connectivity index (χ3v) is 2.60. The molecular weight excluding hydrogens is 176 g/mol. The van der Waals surface area contributed by atoms with Gasteiger partial charge in [-0.2, -0.15) is 0 Å². The largest absolute Gasteiger partial charge is 0.1000 e. The fraction of sp³-hybridized carbons (Fsp3) is 0.667. The van der Waals surface area contributed by atoms with Crippen molar-refractivity contribution < 1.29 is 0 Å². The van der Waals surface area contributed by atoms with E-state index in [0.717, 1.165) is 6.42 Å². The van der Waals surface area contributed by atoms with Crippen LogP contribution in [0.15, 0.2) is 22.0 Å². The predicted octanol–water partition coefficient (Wildman–Crippen LogP) is 5.37. The van der Waals surface area contributed by atoms with Crippen LogP contribution in [0, 0.1) is 0 Å². The summed E-state index contributed by atoms with van der Waals surface area (Å²) in [6.45, 7) is 12.4. The molecule has 0 N–H and O–H groups in total. The molecule has 0 bridgehead atoms. The number of allylic oxidation sites excluding steroid dienone is 4. The SMILES string of the molecule is CC.CC.CCC1=CCC=C(C)S1. The van der Waals surface area contributed by atoms with Crippen molar-refractivity contribution in [1.29, 1.82) is 0 Å². The zero-order chi connectivity index (χ0) is 10.7. The summed E-state index contributed by atoms with van der Waals surface area (Å²) in [4.78, 5) is 2.98. The Hall–Kier alpha value is -0.170. The molecule has 0 atom stereocenters. The smallest absolute Gasteiger partial charge is 0.0145 e. The third-order valence-electron chi connectivity index (χ3n) is 1.39. The van der Waals surface area contributed by atoms with Crippen molar-refractivity contribution in [3.8, 4) is 0 Å². The highest BCUT2D eigenvalue weighted by molar-refractivity contribution is 8.06. The quantitative estimate of drug-likeness (QED) is 0.548. The van der Waals surface area contributed by atoms with Crippen LogP contribution >= 0.6 is 11.8 Å². The van der Waals surface area contributed by atoms with E-state index in [1.807, 2.05) is 39.5 Å². The molecule has 0 saturated heterocycles. The summed E-state index contributed by atoms with van der Waals surface area (Å²) in [7, 11) is 0. The van der Waals surface area contributed by atoms with Crippen molar-refractivity contribution in [1.82, 2.24) is 0 Å². The van der Waals surface area contributed by atoms with Gasteiger partial charge >= 0.3 is 0 Å². The van der Waals surface area contributed by atoms with Crippen LogP contribution in [-0.2, 0) is 0 Å². The molecule has 0 amide bonds. The normalized spacial score (nSPS) is 14.0. The Labute approximate surface area is 88.5 Å². The van der Waals surface area contributed by atoms with Crippen LogP contribution in [0.25, 0.3) is 0 Å². The minimum Gasteiger partial charge on any atom is -0.1000 e. The van der Waals surface area contributed by atoms with Gasteiger partial charge in [-0.1, -0.05) is 58.5 Å². The van der Waals surface area contributed by atoms with Gasteiger partial charge in [-0.3, -0.25) is 0 Å². The maximum Gasteiger partial charge on any atom is -0.0145 e. The number of hydrogen-bond donors (Lipinski definition) is 0. The second-order valence-corrected chi connectivity index (χ2v) is 3.55. The van der Waals surface area contributed by atoms with Gasteiger partial charge in [-0.15, -0.1) is 0 Å². The van der Waals surface area contributed by atoms with E-state index < -0.39 is 0 Å². The molecule has 0 aromatic rings. The minimum atomic E-state index is 1.14. The van der Waals surface area contributed by atoms with Crippen LogP contribution < -0.4 is 0 Å². The topological polar surface area (TPSA) is 0 Å². The molecule has 0 aliphatic carbocycles. The lowest BCUT2D eigenvalue weighted by atomic mass is 10.3. The molecular formula is C12H24S. The molecule has 1 rings (SSSR count). The first-order valence-electron chi connectivity index (χ1n) is 5.36. The fourth-order valence-electron chi connectivity index (χ4n) is 0.863. The number of thioether (sulfide) groups is 1. The zero-order valence-corrected chi connectivity index (χ0v) is 10.8. The lowest BCUT2D eigenvalue weighted by molar-refractivity contribution is 1.16. The lowest BCUT2D eigenvalue weighted by Crippen LogP contribution is -1.80. The van der Waals surface area contributed by atoms with Gasteiger partial charge in [0.1, 0.15) is 0 Å². The highest BCUT2D eigenvalue weighted by Gasteiger charge is 2.00. The summed E-state index contributed by atoms with van der Waals surface area (Å²) in [5.74, 6) is 0. The van der Waals surface area contributed by atoms with E-state index in [1.54, 1.807) is 0 Å². The van der Waals surface area contributed by atoms with Crippen LogP contribution in [0.1, 0.15) is 54.4 Å². The molecule has 0 radical (unpaired) electrons. The lowest BCUT2D eigenvalue weighted by Gasteiger charge is -2.08. The van der Waals surface area contributed by atoms with E-state index in [4.69, 9.17) is 0 Å². The summed E-state index contributed by atoms with van der Waals surface area (Å²) < 4.78 is 0. The number of rotatable bonds is 1. The summed E-state index contributed by atoms with van der Waals surface area (Å²) in [5.41, 5.74) is 0. The van der Waals surface area contributed by atoms with E-state index in [1.165, 1.54) is 16.2 Å². The Morgan fingerprint density at radius 2 is 1.69 bits per heavy atom. The molecule has 78 valence electrons. The van der Waals surface area contributed by atoms with Crippen molar-refractivity contribution in [2.75, 3.05) is 0 Å². The van der Waals surface area contributed by atoms with Crippen LogP contribution in [0.2, 0.25) is 0 Å². The highest BCUT2D eigenvalue weighted by atomic mass is 32.2. The van der Waals surface area contributed by atoms with Crippen LogP contribution in [0.5, 0.6) is 0 Å². The summed E-state index contributed by atoms with van der Waals surface area (Å²) in [6, 6.07) is 0. The molecule has 1 heteroatoms. The van der Waals surface area contributed by atoms with Gasteiger partial charge in [0.15, 0.2) is 0 Å². The average Bonchev–Trinajstić information content (AvgIpc) is 2.24. The van der Waals surface area contributed by atoms with Crippen LogP contribution in [-0.4, -0.2) is 0 Å². The first-order chi connectivity index (χ1) is 6.33. The summed E-state index contributed by atoms with van der Waals surface area (Å²) in [5, 5.41) is 0. The van der Waals surface area contributed by atoms with Gasteiger partial charge in [-0.25, -0.2) is 0 Å². The monoisotopic (exact) mass is 200 g/mol. The van der Waals surface area contributed by atoms with Gasteiger partial charge in [0.25, 0.3) is 0 Å². The van der Waals surface area contributed by atoms with Crippen molar-refractivity contribution in [2.24, 2.45) is 0 Å². The Bertz CT molecular complexity index is 155. The van der Waals surface area contributed by atoms with Gasteiger partial charge in [0.2, 0.25) is 0 Å². The van der Waals surface area contributed by atoms with E-state index >= 15 is 0 Å². The zero-order valence-electron chi connectivity index (χ0n) is 9.98. The van der Waals surface area contributed by atoms with Crippen LogP contribution in [0.4, 0.5) is 0 Å². The van der Waals surface area contributed by atoms with Crippen LogP contribution in [0.3, 0.4) is 0 Å². The van der Waals surface area contributed by atoms with E-state index in [0.29, 0.717) is 0 Å². The molecule has 0 aromatic carbocycles. The second kappa shape index (κ2) is 11.8. The maximum atomic E-state index is 2.30. The minimum absolute atomic E-state index is 1.14. The second-order valence-electron chi connectivity index (χ2n) is 2.18.